The van der Waals surface area contributed by atoms with Gasteiger partial charge in [0, 0.05) is 5.56 Å². The number of carboxylic acid groups (broad SMARTS) is 1. The van der Waals surface area contributed by atoms with Gasteiger partial charge in [-0.05, 0) is 52.6 Å². The Kier molecular flexibility index (Phi) is 4.08. The molecule has 3 rings (SSSR count). The number of hydrogen-bond donors (Lipinski definition) is 2. The molecular weight excluding hydrogens is 305 g/mol. The van der Waals surface area contributed by atoms with Crippen molar-refractivity contribution in [1.29, 1.82) is 0 Å². The molecule has 4 heteroatoms. The second-order valence-electron chi connectivity index (χ2n) is 7.13. The van der Waals surface area contributed by atoms with Crippen molar-refractivity contribution < 1.29 is 14.3 Å². The van der Waals surface area contributed by atoms with Gasteiger partial charge in [0.25, 0.3) is 0 Å². The first kappa shape index (κ1) is 16.5. The van der Waals surface area contributed by atoms with Crippen LogP contribution in [-0.4, -0.2) is 11.2 Å². The van der Waals surface area contributed by atoms with Gasteiger partial charge in [0.15, 0.2) is 0 Å². The van der Waals surface area contributed by atoms with Crippen LogP contribution < -0.4 is 5.32 Å². The van der Waals surface area contributed by atoms with E-state index in [0.29, 0.717) is 12.0 Å². The third-order valence-corrected chi connectivity index (χ3v) is 4.91. The molecule has 126 valence electrons. The lowest BCUT2D eigenvalue weighted by Gasteiger charge is -2.27. The minimum Gasteiger partial charge on any atom is -0.465 e. The zero-order chi connectivity index (χ0) is 17.5. The minimum atomic E-state index is -1.08. The molecule has 3 nitrogen and oxygen atoms in total. The molecule has 0 fully saturated rings. The standard InChI is InChI=1S/C20H22FNO2/c1-4-12-5-7-13(8-6-12)15-9-14-11-20(2,3)18(22-19(23)24)16(14)10-17(15)21/h5-10,18,22H,4,11H2,1-3H3,(H,23,24). The number of aryl methyl sites for hydroxylation is 1. The van der Waals surface area contributed by atoms with Crippen molar-refractivity contribution in [3.8, 4) is 11.1 Å². The van der Waals surface area contributed by atoms with Crippen LogP contribution in [0, 0.1) is 11.2 Å². The molecule has 1 atom stereocenters. The molecule has 0 aromatic heterocycles. The van der Waals surface area contributed by atoms with Crippen LogP contribution in [0.3, 0.4) is 0 Å². The fourth-order valence-electron chi connectivity index (χ4n) is 3.61. The quantitative estimate of drug-likeness (QED) is 0.838. The summed E-state index contributed by atoms with van der Waals surface area (Å²) in [4.78, 5) is 11.1. The normalized spacial score (nSPS) is 18.2. The van der Waals surface area contributed by atoms with Crippen LogP contribution >= 0.6 is 0 Å². The number of halogens is 1. The summed E-state index contributed by atoms with van der Waals surface area (Å²) < 4.78 is 14.7. The average molecular weight is 327 g/mol. The van der Waals surface area contributed by atoms with Crippen LogP contribution in [0.2, 0.25) is 0 Å². The van der Waals surface area contributed by atoms with E-state index in [1.165, 1.54) is 11.6 Å². The molecule has 0 bridgehead atoms. The highest BCUT2D eigenvalue weighted by molar-refractivity contribution is 5.69. The lowest BCUT2D eigenvalue weighted by atomic mass is 9.85. The number of rotatable bonds is 3. The van der Waals surface area contributed by atoms with Gasteiger partial charge in [-0.15, -0.1) is 0 Å². The van der Waals surface area contributed by atoms with Gasteiger partial charge in [0.05, 0.1) is 6.04 Å². The highest BCUT2D eigenvalue weighted by Gasteiger charge is 2.40. The predicted molar refractivity (Wildman–Crippen MR) is 92.6 cm³/mol. The van der Waals surface area contributed by atoms with Gasteiger partial charge in [0.1, 0.15) is 5.82 Å². The smallest absolute Gasteiger partial charge is 0.405 e. The molecular formula is C20H22FNO2. The Bertz CT molecular complexity index is 781. The lowest BCUT2D eigenvalue weighted by Crippen LogP contribution is -2.34. The molecule has 0 saturated heterocycles. The first-order chi connectivity index (χ1) is 11.3. The molecule has 0 heterocycles. The van der Waals surface area contributed by atoms with Gasteiger partial charge in [-0.25, -0.2) is 9.18 Å². The fourth-order valence-corrected chi connectivity index (χ4v) is 3.61. The van der Waals surface area contributed by atoms with E-state index in [0.717, 1.165) is 23.1 Å². The second-order valence-corrected chi connectivity index (χ2v) is 7.13. The van der Waals surface area contributed by atoms with E-state index in [-0.39, 0.29) is 11.2 Å². The van der Waals surface area contributed by atoms with Crippen molar-refractivity contribution >= 4 is 6.09 Å². The van der Waals surface area contributed by atoms with Gasteiger partial charge in [-0.2, -0.15) is 0 Å². The van der Waals surface area contributed by atoms with Gasteiger partial charge in [-0.1, -0.05) is 45.0 Å². The molecule has 0 radical (unpaired) electrons. The van der Waals surface area contributed by atoms with Gasteiger partial charge < -0.3 is 10.4 Å². The molecule has 1 unspecified atom stereocenters. The Morgan fingerprint density at radius 2 is 1.96 bits per heavy atom. The van der Waals surface area contributed by atoms with Gasteiger partial charge in [-0.3, -0.25) is 0 Å². The largest absolute Gasteiger partial charge is 0.465 e. The molecule has 0 saturated carbocycles. The van der Waals surface area contributed by atoms with Crippen molar-refractivity contribution in [1.82, 2.24) is 5.32 Å². The highest BCUT2D eigenvalue weighted by atomic mass is 19.1. The van der Waals surface area contributed by atoms with E-state index in [4.69, 9.17) is 5.11 Å². The van der Waals surface area contributed by atoms with Crippen LogP contribution in [0.4, 0.5) is 9.18 Å². The topological polar surface area (TPSA) is 49.3 Å². The number of amides is 1. The zero-order valence-electron chi connectivity index (χ0n) is 14.2. The van der Waals surface area contributed by atoms with Crippen molar-refractivity contribution in [2.45, 2.75) is 39.7 Å². The predicted octanol–water partition coefficient (Wildman–Crippen LogP) is 4.95. The first-order valence-corrected chi connectivity index (χ1v) is 8.23. The number of carbonyl (C=O) groups is 1. The summed E-state index contributed by atoms with van der Waals surface area (Å²) in [5, 5.41) is 11.6. The maximum absolute atomic E-state index is 14.7. The molecule has 0 aliphatic heterocycles. The number of fused-ring (bicyclic) bond motifs is 1. The SMILES string of the molecule is CCc1ccc(-c2cc3c(cc2F)C(NC(=O)O)C(C)(C)C3)cc1. The van der Waals surface area contributed by atoms with Gasteiger partial charge in [0.2, 0.25) is 0 Å². The number of benzene rings is 2. The summed E-state index contributed by atoms with van der Waals surface area (Å²) in [6.45, 7) is 6.09. The lowest BCUT2D eigenvalue weighted by molar-refractivity contribution is 0.175. The third kappa shape index (κ3) is 2.88. The summed E-state index contributed by atoms with van der Waals surface area (Å²) in [5.41, 5.74) is 4.11. The van der Waals surface area contributed by atoms with Gasteiger partial charge >= 0.3 is 6.09 Å². The maximum atomic E-state index is 14.7. The molecule has 1 amide bonds. The highest BCUT2D eigenvalue weighted by Crippen LogP contribution is 2.46. The molecule has 2 aromatic rings. The van der Waals surface area contributed by atoms with Crippen molar-refractivity contribution in [2.24, 2.45) is 5.41 Å². The molecule has 24 heavy (non-hydrogen) atoms. The summed E-state index contributed by atoms with van der Waals surface area (Å²) in [5.74, 6) is -0.312. The van der Waals surface area contributed by atoms with E-state index < -0.39 is 12.1 Å². The maximum Gasteiger partial charge on any atom is 0.405 e. The molecule has 1 aliphatic carbocycles. The average Bonchev–Trinajstić information content (AvgIpc) is 2.76. The Morgan fingerprint density at radius 3 is 2.54 bits per heavy atom. The van der Waals surface area contributed by atoms with E-state index in [9.17, 15) is 9.18 Å². The van der Waals surface area contributed by atoms with Crippen LogP contribution in [-0.2, 0) is 12.8 Å². The number of nitrogens with one attached hydrogen (secondary N) is 1. The van der Waals surface area contributed by atoms with E-state index in [1.54, 1.807) is 0 Å². The van der Waals surface area contributed by atoms with E-state index >= 15 is 0 Å². The Labute approximate surface area is 141 Å². The summed E-state index contributed by atoms with van der Waals surface area (Å²) in [7, 11) is 0. The number of hydrogen-bond acceptors (Lipinski definition) is 1. The van der Waals surface area contributed by atoms with Crippen molar-refractivity contribution in [3.63, 3.8) is 0 Å². The zero-order valence-corrected chi connectivity index (χ0v) is 14.2. The van der Waals surface area contributed by atoms with Crippen LogP contribution in [0.25, 0.3) is 11.1 Å². The molecule has 2 N–H and O–H groups in total. The summed E-state index contributed by atoms with van der Waals surface area (Å²) in [6, 6.07) is 10.9. The molecule has 2 aromatic carbocycles. The molecule has 0 spiro atoms. The first-order valence-electron chi connectivity index (χ1n) is 8.23. The second kappa shape index (κ2) is 5.93. The van der Waals surface area contributed by atoms with E-state index in [2.05, 4.69) is 12.2 Å². The molecule has 1 aliphatic rings. The third-order valence-electron chi connectivity index (χ3n) is 4.91. The van der Waals surface area contributed by atoms with Crippen molar-refractivity contribution in [2.75, 3.05) is 0 Å². The monoisotopic (exact) mass is 327 g/mol. The van der Waals surface area contributed by atoms with Crippen molar-refractivity contribution in [3.05, 3.63) is 58.9 Å². The Balaban J connectivity index is 2.03. The Hall–Kier alpha value is -2.36. The van der Waals surface area contributed by atoms with Crippen LogP contribution in [0.15, 0.2) is 36.4 Å². The summed E-state index contributed by atoms with van der Waals surface area (Å²) >= 11 is 0. The van der Waals surface area contributed by atoms with Crippen LogP contribution in [0.1, 0.15) is 43.5 Å². The van der Waals surface area contributed by atoms with Crippen LogP contribution in [0.5, 0.6) is 0 Å². The van der Waals surface area contributed by atoms with E-state index in [1.807, 2.05) is 44.2 Å². The summed E-state index contributed by atoms with van der Waals surface area (Å²) in [6.07, 6.45) is 0.581. The fraction of sp³-hybridized carbons (Fsp3) is 0.350. The Morgan fingerprint density at radius 1 is 1.29 bits per heavy atom. The minimum absolute atomic E-state index is 0.280.